The van der Waals surface area contributed by atoms with Crippen LogP contribution in [0.25, 0.3) is 5.57 Å². The van der Waals surface area contributed by atoms with Gasteiger partial charge < -0.3 is 9.47 Å². The zero-order valence-electron chi connectivity index (χ0n) is 13.9. The topological polar surface area (TPSA) is 44.2 Å². The lowest BCUT2D eigenvalue weighted by atomic mass is 9.96. The van der Waals surface area contributed by atoms with Gasteiger partial charge in [0.1, 0.15) is 0 Å². The molecule has 0 bridgehead atoms. The summed E-state index contributed by atoms with van der Waals surface area (Å²) in [5.74, 6) is 0.537. The third kappa shape index (κ3) is 3.11. The van der Waals surface area contributed by atoms with E-state index in [0.717, 1.165) is 28.8 Å². The van der Waals surface area contributed by atoms with Crippen LogP contribution in [0.2, 0.25) is 0 Å². The fourth-order valence-corrected chi connectivity index (χ4v) is 2.56. The van der Waals surface area contributed by atoms with Gasteiger partial charge in [0.2, 0.25) is 5.88 Å². The van der Waals surface area contributed by atoms with Crippen LogP contribution >= 0.6 is 0 Å². The van der Waals surface area contributed by atoms with Gasteiger partial charge in [0, 0.05) is 11.1 Å². The molecular weight excluding hydrogens is 276 g/mol. The first-order valence-electron chi connectivity index (χ1n) is 7.27. The molecule has 0 saturated carbocycles. The van der Waals surface area contributed by atoms with Crippen molar-refractivity contribution in [2.24, 2.45) is 0 Å². The summed E-state index contributed by atoms with van der Waals surface area (Å²) in [5.41, 5.74) is 6.01. The molecule has 4 nitrogen and oxygen atoms in total. The molecule has 0 saturated heterocycles. The van der Waals surface area contributed by atoms with Gasteiger partial charge in [-0.1, -0.05) is 42.8 Å². The van der Waals surface area contributed by atoms with E-state index in [0.29, 0.717) is 5.88 Å². The summed E-state index contributed by atoms with van der Waals surface area (Å²) in [4.78, 5) is 8.75. The van der Waals surface area contributed by atoms with E-state index in [2.05, 4.69) is 48.6 Å². The fraction of sp³-hybridized carbons (Fsp3) is 0.333. The molecule has 0 fully saturated rings. The van der Waals surface area contributed by atoms with Crippen molar-refractivity contribution in [3.05, 3.63) is 52.7 Å². The predicted molar refractivity (Wildman–Crippen MR) is 88.6 cm³/mol. The third-order valence-corrected chi connectivity index (χ3v) is 3.53. The van der Waals surface area contributed by atoms with Crippen LogP contribution in [0.5, 0.6) is 11.9 Å². The molecule has 1 aromatic heterocycles. The minimum absolute atomic E-state index is 0.287. The van der Waals surface area contributed by atoms with Crippen molar-refractivity contribution in [3.8, 4) is 11.9 Å². The maximum atomic E-state index is 5.38. The Kier molecular flexibility index (Phi) is 4.81. The highest BCUT2D eigenvalue weighted by atomic mass is 16.5. The van der Waals surface area contributed by atoms with E-state index >= 15 is 0 Å². The van der Waals surface area contributed by atoms with E-state index in [1.165, 1.54) is 11.1 Å². The highest BCUT2D eigenvalue weighted by molar-refractivity contribution is 5.79. The van der Waals surface area contributed by atoms with Crippen LogP contribution in [0.15, 0.2) is 24.8 Å². The van der Waals surface area contributed by atoms with Gasteiger partial charge in [-0.2, -0.15) is 9.97 Å². The second kappa shape index (κ2) is 6.60. The van der Waals surface area contributed by atoms with E-state index < -0.39 is 0 Å². The van der Waals surface area contributed by atoms with Crippen LogP contribution in [-0.4, -0.2) is 24.2 Å². The Bertz CT molecular complexity index is 688. The molecule has 0 spiro atoms. The van der Waals surface area contributed by atoms with Crippen LogP contribution in [0.3, 0.4) is 0 Å². The van der Waals surface area contributed by atoms with Gasteiger partial charge in [0.15, 0.2) is 0 Å². The van der Waals surface area contributed by atoms with E-state index in [1.807, 2.05) is 6.92 Å². The van der Waals surface area contributed by atoms with Crippen LogP contribution in [0.1, 0.15) is 34.9 Å². The van der Waals surface area contributed by atoms with Crippen LogP contribution < -0.4 is 9.47 Å². The lowest BCUT2D eigenvalue weighted by Crippen LogP contribution is -2.06. The second-order valence-electron chi connectivity index (χ2n) is 5.26. The van der Waals surface area contributed by atoms with Crippen molar-refractivity contribution in [3.63, 3.8) is 0 Å². The third-order valence-electron chi connectivity index (χ3n) is 3.53. The number of aryl methyl sites for hydroxylation is 2. The normalized spacial score (nSPS) is 10.4. The number of rotatable bonds is 5. The Morgan fingerprint density at radius 1 is 1.05 bits per heavy atom. The minimum Gasteiger partial charge on any atom is -0.481 e. The molecule has 4 heteroatoms. The molecule has 0 aliphatic carbocycles. The molecular formula is C18H22N2O2. The average molecular weight is 298 g/mol. The van der Waals surface area contributed by atoms with Gasteiger partial charge in [-0.25, -0.2) is 0 Å². The molecule has 0 aliphatic rings. The first kappa shape index (κ1) is 16.0. The predicted octanol–water partition coefficient (Wildman–Crippen LogP) is 3.73. The SMILES string of the molecule is C=C(c1cc(C)cc(C)c1)c1nc(OC)nc(OC)c1CC. The van der Waals surface area contributed by atoms with Gasteiger partial charge in [0.25, 0.3) is 0 Å². The molecule has 2 rings (SSSR count). The average Bonchev–Trinajstić information content (AvgIpc) is 2.51. The van der Waals surface area contributed by atoms with Crippen LogP contribution in [0.4, 0.5) is 0 Å². The second-order valence-corrected chi connectivity index (χ2v) is 5.26. The summed E-state index contributed by atoms with van der Waals surface area (Å²) in [7, 11) is 3.15. The Morgan fingerprint density at radius 3 is 2.18 bits per heavy atom. The largest absolute Gasteiger partial charge is 0.481 e. The van der Waals surface area contributed by atoms with Crippen molar-refractivity contribution < 1.29 is 9.47 Å². The van der Waals surface area contributed by atoms with Gasteiger partial charge >= 0.3 is 6.01 Å². The van der Waals surface area contributed by atoms with Crippen molar-refractivity contribution in [1.82, 2.24) is 9.97 Å². The van der Waals surface area contributed by atoms with Crippen molar-refractivity contribution in [1.29, 1.82) is 0 Å². The summed E-state index contributed by atoms with van der Waals surface area (Å²) in [5, 5.41) is 0. The maximum Gasteiger partial charge on any atom is 0.320 e. The number of hydrogen-bond donors (Lipinski definition) is 0. The number of aromatic nitrogens is 2. The van der Waals surface area contributed by atoms with Crippen molar-refractivity contribution in [2.75, 3.05) is 14.2 Å². The number of methoxy groups -OCH3 is 2. The van der Waals surface area contributed by atoms with Gasteiger partial charge in [-0.3, -0.25) is 0 Å². The zero-order chi connectivity index (χ0) is 16.3. The van der Waals surface area contributed by atoms with Crippen molar-refractivity contribution >= 4 is 5.57 Å². The molecule has 116 valence electrons. The molecule has 0 unspecified atom stereocenters. The molecule has 0 radical (unpaired) electrons. The molecule has 1 aromatic carbocycles. The smallest absolute Gasteiger partial charge is 0.320 e. The quantitative estimate of drug-likeness (QED) is 0.843. The van der Waals surface area contributed by atoms with E-state index in [1.54, 1.807) is 14.2 Å². The molecule has 0 atom stereocenters. The molecule has 2 aromatic rings. The van der Waals surface area contributed by atoms with E-state index in [-0.39, 0.29) is 6.01 Å². The minimum atomic E-state index is 0.287. The van der Waals surface area contributed by atoms with Crippen molar-refractivity contribution in [2.45, 2.75) is 27.2 Å². The van der Waals surface area contributed by atoms with Gasteiger partial charge in [-0.05, 0) is 25.8 Å². The Labute approximate surface area is 131 Å². The zero-order valence-corrected chi connectivity index (χ0v) is 13.9. The van der Waals surface area contributed by atoms with Gasteiger partial charge in [-0.15, -0.1) is 0 Å². The maximum absolute atomic E-state index is 5.38. The highest BCUT2D eigenvalue weighted by Gasteiger charge is 2.17. The fourth-order valence-electron chi connectivity index (χ4n) is 2.56. The summed E-state index contributed by atoms with van der Waals surface area (Å²) in [6, 6.07) is 6.64. The lowest BCUT2D eigenvalue weighted by Gasteiger charge is -2.15. The molecule has 1 heterocycles. The van der Waals surface area contributed by atoms with E-state index in [9.17, 15) is 0 Å². The monoisotopic (exact) mass is 298 g/mol. The number of ether oxygens (including phenoxy) is 2. The summed E-state index contributed by atoms with van der Waals surface area (Å²) >= 11 is 0. The molecule has 0 aliphatic heterocycles. The number of nitrogens with zero attached hydrogens (tertiary/aromatic N) is 2. The number of hydrogen-bond acceptors (Lipinski definition) is 4. The summed E-state index contributed by atoms with van der Waals surface area (Å²) in [6.45, 7) is 10.4. The first-order valence-corrected chi connectivity index (χ1v) is 7.27. The molecule has 0 N–H and O–H groups in total. The Hall–Kier alpha value is -2.36. The molecule has 0 amide bonds. The van der Waals surface area contributed by atoms with Gasteiger partial charge in [0.05, 0.1) is 19.9 Å². The lowest BCUT2D eigenvalue weighted by molar-refractivity contribution is 0.348. The summed E-state index contributed by atoms with van der Waals surface area (Å²) in [6.07, 6.45) is 0.756. The summed E-state index contributed by atoms with van der Waals surface area (Å²) < 4.78 is 10.6. The van der Waals surface area contributed by atoms with E-state index in [4.69, 9.17) is 9.47 Å². The highest BCUT2D eigenvalue weighted by Crippen LogP contribution is 2.31. The van der Waals surface area contributed by atoms with Crippen LogP contribution in [0, 0.1) is 13.8 Å². The molecule has 22 heavy (non-hydrogen) atoms. The standard InChI is InChI=1S/C18H22N2O2/c1-7-15-16(19-18(22-6)20-17(15)21-5)13(4)14-9-11(2)8-12(3)10-14/h8-10H,4,7H2,1-3,5-6H3. The van der Waals surface area contributed by atoms with Crippen LogP contribution in [-0.2, 0) is 6.42 Å². The first-order chi connectivity index (χ1) is 10.5. The Balaban J connectivity index is 2.61. The Morgan fingerprint density at radius 2 is 1.68 bits per heavy atom. The number of benzene rings is 1.